The zero-order valence-electron chi connectivity index (χ0n) is 11.5. The van der Waals surface area contributed by atoms with Crippen LogP contribution in [0, 0.1) is 5.41 Å². The molecule has 16 heavy (non-hydrogen) atoms. The molecule has 0 amide bonds. The van der Waals surface area contributed by atoms with E-state index in [9.17, 15) is 0 Å². The van der Waals surface area contributed by atoms with E-state index < -0.39 is 0 Å². The van der Waals surface area contributed by atoms with Gasteiger partial charge in [-0.25, -0.2) is 0 Å². The average molecular weight is 228 g/mol. The summed E-state index contributed by atoms with van der Waals surface area (Å²) in [7, 11) is 0. The van der Waals surface area contributed by atoms with Gasteiger partial charge < -0.3 is 10.5 Å². The standard InChI is InChI=1S/C13H28N2O/c1-12(2,3)8-11(9-14)15-6-7-16-13(4,5)10-15/h11H,6-10,14H2,1-5H3. The summed E-state index contributed by atoms with van der Waals surface area (Å²) in [5.41, 5.74) is 6.23. The Morgan fingerprint density at radius 3 is 2.44 bits per heavy atom. The Bertz CT molecular complexity index is 218. The summed E-state index contributed by atoms with van der Waals surface area (Å²) in [6.45, 7) is 14.7. The van der Waals surface area contributed by atoms with Crippen molar-refractivity contribution in [3.63, 3.8) is 0 Å². The second-order valence-corrected chi connectivity index (χ2v) is 6.73. The van der Waals surface area contributed by atoms with Crippen molar-refractivity contribution < 1.29 is 4.74 Å². The van der Waals surface area contributed by atoms with Crippen LogP contribution in [0.15, 0.2) is 0 Å². The highest BCUT2D eigenvalue weighted by atomic mass is 16.5. The SMILES string of the molecule is CC(C)(C)CC(CN)N1CCOC(C)(C)C1. The quantitative estimate of drug-likeness (QED) is 0.801. The van der Waals surface area contributed by atoms with E-state index in [1.54, 1.807) is 0 Å². The fourth-order valence-corrected chi connectivity index (χ4v) is 2.43. The molecule has 1 saturated heterocycles. The first-order chi connectivity index (χ1) is 7.23. The molecule has 1 rings (SSSR count). The summed E-state index contributed by atoms with van der Waals surface area (Å²) in [5.74, 6) is 0. The molecular weight excluding hydrogens is 200 g/mol. The van der Waals surface area contributed by atoms with Crippen molar-refractivity contribution in [3.05, 3.63) is 0 Å². The van der Waals surface area contributed by atoms with Crippen molar-refractivity contribution in [1.82, 2.24) is 4.90 Å². The molecule has 1 heterocycles. The minimum atomic E-state index is -0.0243. The largest absolute Gasteiger partial charge is 0.373 e. The average Bonchev–Trinajstić information content (AvgIpc) is 2.11. The van der Waals surface area contributed by atoms with E-state index in [1.165, 1.54) is 0 Å². The Hall–Kier alpha value is -0.120. The van der Waals surface area contributed by atoms with Crippen LogP contribution in [0.3, 0.4) is 0 Å². The molecule has 0 spiro atoms. The molecule has 1 aliphatic rings. The van der Waals surface area contributed by atoms with E-state index in [0.717, 1.165) is 32.7 Å². The number of hydrogen-bond donors (Lipinski definition) is 1. The van der Waals surface area contributed by atoms with Crippen molar-refractivity contribution in [2.75, 3.05) is 26.2 Å². The van der Waals surface area contributed by atoms with E-state index >= 15 is 0 Å². The lowest BCUT2D eigenvalue weighted by molar-refractivity contribution is -0.0991. The third-order valence-corrected chi connectivity index (χ3v) is 3.09. The minimum Gasteiger partial charge on any atom is -0.373 e. The summed E-state index contributed by atoms with van der Waals surface area (Å²) >= 11 is 0. The Kier molecular flexibility index (Phi) is 4.38. The maximum atomic E-state index is 5.92. The zero-order valence-corrected chi connectivity index (χ0v) is 11.5. The van der Waals surface area contributed by atoms with Gasteiger partial charge in [-0.3, -0.25) is 4.90 Å². The first kappa shape index (κ1) is 13.9. The van der Waals surface area contributed by atoms with Gasteiger partial charge in [-0.05, 0) is 25.7 Å². The lowest BCUT2D eigenvalue weighted by atomic mass is 9.87. The molecule has 1 atom stereocenters. The first-order valence-corrected chi connectivity index (χ1v) is 6.32. The number of ether oxygens (including phenoxy) is 1. The molecule has 1 unspecified atom stereocenters. The van der Waals surface area contributed by atoms with Gasteiger partial charge in [0.05, 0.1) is 12.2 Å². The Morgan fingerprint density at radius 1 is 1.38 bits per heavy atom. The predicted molar refractivity (Wildman–Crippen MR) is 68.5 cm³/mol. The third-order valence-electron chi connectivity index (χ3n) is 3.09. The van der Waals surface area contributed by atoms with Crippen molar-refractivity contribution in [2.45, 2.75) is 52.7 Å². The van der Waals surface area contributed by atoms with Gasteiger partial charge in [-0.2, -0.15) is 0 Å². The van der Waals surface area contributed by atoms with E-state index in [4.69, 9.17) is 10.5 Å². The second kappa shape index (κ2) is 5.03. The molecule has 0 aliphatic carbocycles. The molecule has 3 nitrogen and oxygen atoms in total. The van der Waals surface area contributed by atoms with Crippen LogP contribution >= 0.6 is 0 Å². The highest BCUT2D eigenvalue weighted by molar-refractivity contribution is 4.86. The maximum absolute atomic E-state index is 5.92. The van der Waals surface area contributed by atoms with Crippen molar-refractivity contribution in [1.29, 1.82) is 0 Å². The van der Waals surface area contributed by atoms with E-state index in [0.29, 0.717) is 11.5 Å². The lowest BCUT2D eigenvalue weighted by Gasteiger charge is -2.43. The Balaban J connectivity index is 2.59. The fourth-order valence-electron chi connectivity index (χ4n) is 2.43. The summed E-state index contributed by atoms with van der Waals surface area (Å²) in [4.78, 5) is 2.49. The van der Waals surface area contributed by atoms with E-state index in [2.05, 4.69) is 39.5 Å². The zero-order chi connectivity index (χ0) is 12.4. The van der Waals surface area contributed by atoms with E-state index in [1.807, 2.05) is 0 Å². The molecule has 0 saturated carbocycles. The molecule has 1 fully saturated rings. The molecule has 0 aromatic rings. The summed E-state index contributed by atoms with van der Waals surface area (Å²) in [6.07, 6.45) is 1.15. The Labute approximate surface area is 100 Å². The van der Waals surface area contributed by atoms with Crippen LogP contribution in [0.4, 0.5) is 0 Å². The smallest absolute Gasteiger partial charge is 0.0753 e. The van der Waals surface area contributed by atoms with Gasteiger partial charge in [0.1, 0.15) is 0 Å². The molecule has 2 N–H and O–H groups in total. The molecule has 0 aromatic carbocycles. The van der Waals surface area contributed by atoms with E-state index in [-0.39, 0.29) is 5.60 Å². The van der Waals surface area contributed by atoms with Crippen molar-refractivity contribution in [3.8, 4) is 0 Å². The number of nitrogens with zero attached hydrogens (tertiary/aromatic N) is 1. The predicted octanol–water partition coefficient (Wildman–Crippen LogP) is 1.86. The van der Waals surface area contributed by atoms with Crippen LogP contribution in [0.1, 0.15) is 41.0 Å². The van der Waals surface area contributed by atoms with Gasteiger partial charge in [0, 0.05) is 25.7 Å². The summed E-state index contributed by atoms with van der Waals surface area (Å²) in [5, 5.41) is 0. The van der Waals surface area contributed by atoms with Gasteiger partial charge in [0.2, 0.25) is 0 Å². The van der Waals surface area contributed by atoms with Gasteiger partial charge in [0.15, 0.2) is 0 Å². The third kappa shape index (κ3) is 4.40. The van der Waals surface area contributed by atoms with Gasteiger partial charge >= 0.3 is 0 Å². The minimum absolute atomic E-state index is 0.0243. The second-order valence-electron chi connectivity index (χ2n) is 6.73. The molecule has 96 valence electrons. The van der Waals surface area contributed by atoms with Crippen LogP contribution in [-0.2, 0) is 4.74 Å². The number of rotatable bonds is 3. The monoisotopic (exact) mass is 228 g/mol. The van der Waals surface area contributed by atoms with Crippen LogP contribution in [0.5, 0.6) is 0 Å². The first-order valence-electron chi connectivity index (χ1n) is 6.32. The number of nitrogens with two attached hydrogens (primary N) is 1. The number of morpholine rings is 1. The lowest BCUT2D eigenvalue weighted by Crippen LogP contribution is -2.54. The normalized spacial score (nSPS) is 24.4. The van der Waals surface area contributed by atoms with Crippen molar-refractivity contribution >= 4 is 0 Å². The Morgan fingerprint density at radius 2 is 2.00 bits per heavy atom. The summed E-state index contributed by atoms with van der Waals surface area (Å²) < 4.78 is 5.74. The number of hydrogen-bond acceptors (Lipinski definition) is 3. The highest BCUT2D eigenvalue weighted by Crippen LogP contribution is 2.26. The molecule has 1 aliphatic heterocycles. The molecule has 0 aromatic heterocycles. The molecule has 0 radical (unpaired) electrons. The van der Waals surface area contributed by atoms with Crippen molar-refractivity contribution in [2.24, 2.45) is 11.1 Å². The van der Waals surface area contributed by atoms with Crippen LogP contribution in [0.2, 0.25) is 0 Å². The highest BCUT2D eigenvalue weighted by Gasteiger charge is 2.32. The molecule has 3 heteroatoms. The van der Waals surface area contributed by atoms with Gasteiger partial charge in [-0.1, -0.05) is 20.8 Å². The van der Waals surface area contributed by atoms with Crippen LogP contribution in [0.25, 0.3) is 0 Å². The fraction of sp³-hybridized carbons (Fsp3) is 1.00. The van der Waals surface area contributed by atoms with Gasteiger partial charge in [0.25, 0.3) is 0 Å². The topological polar surface area (TPSA) is 38.5 Å². The maximum Gasteiger partial charge on any atom is 0.0753 e. The molecular formula is C13H28N2O. The van der Waals surface area contributed by atoms with Crippen LogP contribution < -0.4 is 5.73 Å². The molecule has 0 bridgehead atoms. The summed E-state index contributed by atoms with van der Waals surface area (Å²) in [6, 6.07) is 0.489. The van der Waals surface area contributed by atoms with Crippen LogP contribution in [-0.4, -0.2) is 42.8 Å². The van der Waals surface area contributed by atoms with Gasteiger partial charge in [-0.15, -0.1) is 0 Å².